The summed E-state index contributed by atoms with van der Waals surface area (Å²) < 4.78 is 41.5. The quantitative estimate of drug-likeness (QED) is 0.862. The van der Waals surface area contributed by atoms with E-state index in [1.165, 1.54) is 12.1 Å². The molecule has 2 aromatic rings. The molecule has 0 radical (unpaired) electrons. The van der Waals surface area contributed by atoms with Gasteiger partial charge in [0.25, 0.3) is 0 Å². The van der Waals surface area contributed by atoms with Gasteiger partial charge in [0, 0.05) is 19.3 Å². The Morgan fingerprint density at radius 3 is 2.74 bits per heavy atom. The first-order chi connectivity index (χ1) is 12.8. The Labute approximate surface area is 155 Å². The number of amides is 2. The number of rotatable bonds is 5. The first-order valence-electron chi connectivity index (χ1n) is 8.58. The summed E-state index contributed by atoms with van der Waals surface area (Å²) in [6, 6.07) is 9.69. The first kappa shape index (κ1) is 19.0. The van der Waals surface area contributed by atoms with Crippen LogP contribution in [0.1, 0.15) is 16.8 Å². The molecule has 1 aromatic carbocycles. The van der Waals surface area contributed by atoms with Crippen molar-refractivity contribution in [3.63, 3.8) is 0 Å². The summed E-state index contributed by atoms with van der Waals surface area (Å²) in [5.74, 6) is -0.0794. The zero-order valence-electron chi connectivity index (χ0n) is 14.8. The molecule has 0 atom stereocenters. The van der Waals surface area contributed by atoms with E-state index >= 15 is 0 Å². The highest BCUT2D eigenvalue weighted by atomic mass is 19.4. The molecule has 0 bridgehead atoms. The summed E-state index contributed by atoms with van der Waals surface area (Å²) >= 11 is 0. The molecule has 2 heterocycles. The van der Waals surface area contributed by atoms with E-state index in [0.29, 0.717) is 31.6 Å². The van der Waals surface area contributed by atoms with Crippen molar-refractivity contribution in [3.8, 4) is 5.75 Å². The number of halogens is 3. The average Bonchev–Trinajstić information content (AvgIpc) is 2.56. The molecule has 1 fully saturated rings. The summed E-state index contributed by atoms with van der Waals surface area (Å²) in [5.41, 5.74) is 2.33. The van der Waals surface area contributed by atoms with E-state index in [2.05, 4.69) is 15.0 Å². The zero-order valence-corrected chi connectivity index (χ0v) is 14.8. The lowest BCUT2D eigenvalue weighted by Gasteiger charge is -2.39. The van der Waals surface area contributed by atoms with E-state index in [1.807, 2.05) is 19.1 Å². The molecule has 144 valence electrons. The van der Waals surface area contributed by atoms with Gasteiger partial charge in [0.15, 0.2) is 0 Å². The fourth-order valence-electron chi connectivity index (χ4n) is 3.05. The molecule has 1 aliphatic heterocycles. The average molecular weight is 379 g/mol. The monoisotopic (exact) mass is 379 g/mol. The molecular weight excluding hydrogens is 359 g/mol. The van der Waals surface area contributed by atoms with Gasteiger partial charge in [-0.15, -0.1) is 13.2 Å². The molecule has 0 saturated carbocycles. The van der Waals surface area contributed by atoms with E-state index < -0.39 is 6.36 Å². The Kier molecular flexibility index (Phi) is 5.53. The van der Waals surface area contributed by atoms with E-state index in [4.69, 9.17) is 0 Å². The van der Waals surface area contributed by atoms with Crippen molar-refractivity contribution in [2.24, 2.45) is 5.92 Å². The van der Waals surface area contributed by atoms with Crippen molar-refractivity contribution in [2.45, 2.75) is 26.3 Å². The predicted octanol–water partition coefficient (Wildman–Crippen LogP) is 3.67. The number of urea groups is 1. The van der Waals surface area contributed by atoms with Crippen molar-refractivity contribution in [3.05, 3.63) is 59.4 Å². The van der Waals surface area contributed by atoms with Crippen LogP contribution in [-0.2, 0) is 13.0 Å². The van der Waals surface area contributed by atoms with Crippen LogP contribution in [0.5, 0.6) is 5.75 Å². The smallest absolute Gasteiger partial charge is 0.406 e. The molecule has 1 aliphatic rings. The summed E-state index contributed by atoms with van der Waals surface area (Å²) in [4.78, 5) is 18.0. The molecule has 1 N–H and O–H groups in total. The lowest BCUT2D eigenvalue weighted by molar-refractivity contribution is -0.274. The van der Waals surface area contributed by atoms with Crippen LogP contribution in [0.15, 0.2) is 42.6 Å². The number of alkyl halides is 3. The van der Waals surface area contributed by atoms with E-state index in [9.17, 15) is 18.0 Å². The molecule has 2 amide bonds. The van der Waals surface area contributed by atoms with Crippen LogP contribution in [0.3, 0.4) is 0 Å². The molecule has 1 aromatic heterocycles. The van der Waals surface area contributed by atoms with Gasteiger partial charge in [0.2, 0.25) is 0 Å². The fraction of sp³-hybridized carbons (Fsp3) is 0.368. The summed E-state index contributed by atoms with van der Waals surface area (Å²) in [6.45, 7) is 3.28. The minimum absolute atomic E-state index is 0.103. The summed E-state index contributed by atoms with van der Waals surface area (Å²) in [7, 11) is 0. The Morgan fingerprint density at radius 1 is 1.30 bits per heavy atom. The first-order valence-corrected chi connectivity index (χ1v) is 8.58. The molecule has 3 rings (SSSR count). The largest absolute Gasteiger partial charge is 0.573 e. The van der Waals surface area contributed by atoms with Crippen molar-refractivity contribution in [2.75, 3.05) is 13.1 Å². The van der Waals surface area contributed by atoms with Crippen molar-refractivity contribution < 1.29 is 22.7 Å². The fourth-order valence-corrected chi connectivity index (χ4v) is 3.05. The van der Waals surface area contributed by atoms with Crippen LogP contribution >= 0.6 is 0 Å². The second kappa shape index (κ2) is 7.85. The number of hydrogen-bond donors (Lipinski definition) is 1. The molecule has 27 heavy (non-hydrogen) atoms. The number of carbonyl (C=O) groups is 1. The standard InChI is InChI=1S/C19H20F3N3O2/c1-13-6-7-23-16(8-13)10-24-18(26)25-11-14(12-25)9-15-4-2-3-5-17(15)27-19(20,21)22/h2-8,14H,9-12H2,1H3,(H,24,26). The summed E-state index contributed by atoms with van der Waals surface area (Å²) in [5, 5.41) is 2.81. The highest BCUT2D eigenvalue weighted by Gasteiger charge is 2.34. The number of nitrogens with one attached hydrogen (secondary N) is 1. The van der Waals surface area contributed by atoms with Crippen LogP contribution < -0.4 is 10.1 Å². The van der Waals surface area contributed by atoms with Crippen molar-refractivity contribution >= 4 is 6.03 Å². The number of carbonyl (C=O) groups excluding carboxylic acids is 1. The third-order valence-corrected chi connectivity index (χ3v) is 4.34. The van der Waals surface area contributed by atoms with Gasteiger partial charge in [0.05, 0.1) is 12.2 Å². The third kappa shape index (κ3) is 5.35. The number of likely N-dealkylation sites (tertiary alicyclic amines) is 1. The number of nitrogens with zero attached hydrogens (tertiary/aromatic N) is 2. The highest BCUT2D eigenvalue weighted by molar-refractivity contribution is 5.75. The van der Waals surface area contributed by atoms with Gasteiger partial charge in [-0.3, -0.25) is 4.98 Å². The minimum atomic E-state index is -4.72. The van der Waals surface area contributed by atoms with Gasteiger partial charge in [-0.05, 0) is 48.6 Å². The number of ether oxygens (including phenoxy) is 1. The second-order valence-electron chi connectivity index (χ2n) is 6.61. The van der Waals surface area contributed by atoms with Gasteiger partial charge in [-0.1, -0.05) is 18.2 Å². The number of hydrogen-bond acceptors (Lipinski definition) is 3. The molecule has 0 spiro atoms. The SMILES string of the molecule is Cc1ccnc(CNC(=O)N2CC(Cc3ccccc3OC(F)(F)F)C2)c1. The van der Waals surface area contributed by atoms with Gasteiger partial charge in [0.1, 0.15) is 5.75 Å². The highest BCUT2D eigenvalue weighted by Crippen LogP contribution is 2.30. The van der Waals surface area contributed by atoms with Gasteiger partial charge in [-0.25, -0.2) is 4.79 Å². The third-order valence-electron chi connectivity index (χ3n) is 4.34. The Balaban J connectivity index is 1.48. The van der Waals surface area contributed by atoms with Gasteiger partial charge in [-0.2, -0.15) is 0 Å². The van der Waals surface area contributed by atoms with Crippen molar-refractivity contribution in [1.29, 1.82) is 0 Å². The topological polar surface area (TPSA) is 54.5 Å². The molecule has 8 heteroatoms. The molecule has 0 unspecified atom stereocenters. The number of aromatic nitrogens is 1. The van der Waals surface area contributed by atoms with E-state index in [-0.39, 0.29) is 17.7 Å². The zero-order chi connectivity index (χ0) is 19.4. The van der Waals surface area contributed by atoms with Gasteiger partial charge >= 0.3 is 12.4 Å². The number of pyridine rings is 1. The molecular formula is C19H20F3N3O2. The predicted molar refractivity (Wildman–Crippen MR) is 93.1 cm³/mol. The molecule has 0 aliphatic carbocycles. The number of para-hydroxylation sites is 1. The Hall–Kier alpha value is -2.77. The molecule has 5 nitrogen and oxygen atoms in total. The Morgan fingerprint density at radius 2 is 2.04 bits per heavy atom. The maximum Gasteiger partial charge on any atom is 0.573 e. The lowest BCUT2D eigenvalue weighted by Crippen LogP contribution is -2.54. The number of aryl methyl sites for hydroxylation is 1. The Bertz CT molecular complexity index is 805. The van der Waals surface area contributed by atoms with Gasteiger partial charge < -0.3 is 15.0 Å². The molecule has 1 saturated heterocycles. The lowest BCUT2D eigenvalue weighted by atomic mass is 9.92. The van der Waals surface area contributed by atoms with Crippen LogP contribution in [-0.4, -0.2) is 35.4 Å². The van der Waals surface area contributed by atoms with Crippen molar-refractivity contribution in [1.82, 2.24) is 15.2 Å². The van der Waals surface area contributed by atoms with Crippen LogP contribution in [0.25, 0.3) is 0 Å². The summed E-state index contributed by atoms with van der Waals surface area (Å²) in [6.07, 6.45) is -2.60. The van der Waals surface area contributed by atoms with E-state index in [1.54, 1.807) is 23.2 Å². The maximum atomic E-state index is 12.5. The maximum absolute atomic E-state index is 12.5. The number of benzene rings is 1. The van der Waals surface area contributed by atoms with Crippen LogP contribution in [0.4, 0.5) is 18.0 Å². The normalized spacial score (nSPS) is 14.6. The second-order valence-corrected chi connectivity index (χ2v) is 6.61. The van der Waals surface area contributed by atoms with Crippen LogP contribution in [0, 0.1) is 12.8 Å². The van der Waals surface area contributed by atoms with Crippen LogP contribution in [0.2, 0.25) is 0 Å². The van der Waals surface area contributed by atoms with E-state index in [0.717, 1.165) is 11.3 Å². The minimum Gasteiger partial charge on any atom is -0.406 e.